The third-order valence-electron chi connectivity index (χ3n) is 3.77. The number of anilines is 1. The summed E-state index contributed by atoms with van der Waals surface area (Å²) >= 11 is 7.27. The first kappa shape index (κ1) is 17.5. The standard InChI is InChI=1S/C18H16ClN3O2S/c1-10-13(19)7-5-9-14(10)20-16(23)11(2)25-18-21-15-8-4-3-6-12(15)17(24)22-18/h3-9,11H,1-2H3,(H,20,23)(H,21,22,24). The summed E-state index contributed by atoms with van der Waals surface area (Å²) in [7, 11) is 0. The van der Waals surface area contributed by atoms with E-state index in [1.165, 1.54) is 11.8 Å². The predicted octanol–water partition coefficient (Wildman–Crippen LogP) is 4.00. The van der Waals surface area contributed by atoms with Gasteiger partial charge in [-0.15, -0.1) is 0 Å². The van der Waals surface area contributed by atoms with Gasteiger partial charge in [-0.25, -0.2) is 4.98 Å². The highest BCUT2D eigenvalue weighted by Gasteiger charge is 2.17. The summed E-state index contributed by atoms with van der Waals surface area (Å²) in [5.41, 5.74) is 1.87. The van der Waals surface area contributed by atoms with Gasteiger partial charge in [-0.3, -0.25) is 9.59 Å². The van der Waals surface area contributed by atoms with E-state index in [0.29, 0.717) is 26.8 Å². The van der Waals surface area contributed by atoms with Crippen molar-refractivity contribution in [2.24, 2.45) is 0 Å². The second-order valence-corrected chi connectivity index (χ2v) is 7.29. The highest BCUT2D eigenvalue weighted by Crippen LogP contribution is 2.25. The fraction of sp³-hybridized carbons (Fsp3) is 0.167. The van der Waals surface area contributed by atoms with Crippen LogP contribution in [0.15, 0.2) is 52.4 Å². The molecule has 0 saturated carbocycles. The number of benzene rings is 2. The molecule has 0 radical (unpaired) electrons. The Bertz CT molecular complexity index is 1000. The van der Waals surface area contributed by atoms with Crippen molar-refractivity contribution >= 4 is 45.9 Å². The maximum atomic E-state index is 12.4. The molecule has 0 bridgehead atoms. The van der Waals surface area contributed by atoms with Crippen LogP contribution in [0.4, 0.5) is 5.69 Å². The van der Waals surface area contributed by atoms with Gasteiger partial charge >= 0.3 is 0 Å². The van der Waals surface area contributed by atoms with Gasteiger partial charge in [-0.2, -0.15) is 0 Å². The van der Waals surface area contributed by atoms with Gasteiger partial charge in [0.05, 0.1) is 16.2 Å². The zero-order valence-corrected chi connectivity index (χ0v) is 15.2. The molecular weight excluding hydrogens is 358 g/mol. The number of nitrogens with zero attached hydrogens (tertiary/aromatic N) is 1. The van der Waals surface area contributed by atoms with Gasteiger partial charge in [0, 0.05) is 10.7 Å². The summed E-state index contributed by atoms with van der Waals surface area (Å²) in [4.78, 5) is 31.7. The van der Waals surface area contributed by atoms with Crippen molar-refractivity contribution in [3.05, 3.63) is 63.4 Å². The topological polar surface area (TPSA) is 74.8 Å². The van der Waals surface area contributed by atoms with Gasteiger partial charge in [-0.1, -0.05) is 41.6 Å². The Morgan fingerprint density at radius 2 is 2.00 bits per heavy atom. The Kier molecular flexibility index (Phi) is 5.11. The Hall–Kier alpha value is -2.31. The molecule has 2 N–H and O–H groups in total. The van der Waals surface area contributed by atoms with Crippen LogP contribution in [0.25, 0.3) is 10.9 Å². The number of aromatic amines is 1. The summed E-state index contributed by atoms with van der Waals surface area (Å²) in [5.74, 6) is -0.189. The number of fused-ring (bicyclic) bond motifs is 1. The maximum Gasteiger partial charge on any atom is 0.259 e. The first-order valence-electron chi connectivity index (χ1n) is 7.67. The molecular formula is C18H16ClN3O2S. The molecule has 1 atom stereocenters. The summed E-state index contributed by atoms with van der Waals surface area (Å²) in [6.45, 7) is 3.60. The average Bonchev–Trinajstić information content (AvgIpc) is 2.59. The van der Waals surface area contributed by atoms with Gasteiger partial charge in [0.25, 0.3) is 5.56 Å². The number of aromatic nitrogens is 2. The van der Waals surface area contributed by atoms with Crippen LogP contribution in [0.2, 0.25) is 5.02 Å². The van der Waals surface area contributed by atoms with Crippen LogP contribution >= 0.6 is 23.4 Å². The fourth-order valence-corrected chi connectivity index (χ4v) is 3.30. The van der Waals surface area contributed by atoms with Gasteiger partial charge < -0.3 is 10.3 Å². The average molecular weight is 374 g/mol. The van der Waals surface area contributed by atoms with E-state index in [4.69, 9.17) is 11.6 Å². The fourth-order valence-electron chi connectivity index (χ4n) is 2.32. The Labute approximate surface area is 153 Å². The van der Waals surface area contributed by atoms with Crippen molar-refractivity contribution in [1.82, 2.24) is 9.97 Å². The summed E-state index contributed by atoms with van der Waals surface area (Å²) < 4.78 is 0. The highest BCUT2D eigenvalue weighted by molar-refractivity contribution is 8.00. The normalized spacial score (nSPS) is 12.1. The molecule has 0 fully saturated rings. The largest absolute Gasteiger partial charge is 0.325 e. The third kappa shape index (κ3) is 3.86. The molecule has 0 aliphatic heterocycles. The van der Waals surface area contributed by atoms with Crippen molar-refractivity contribution in [3.63, 3.8) is 0 Å². The number of carbonyl (C=O) groups excluding carboxylic acids is 1. The van der Waals surface area contributed by atoms with Crippen molar-refractivity contribution in [3.8, 4) is 0 Å². The van der Waals surface area contributed by atoms with Crippen molar-refractivity contribution < 1.29 is 4.79 Å². The number of carbonyl (C=O) groups is 1. The number of nitrogens with one attached hydrogen (secondary N) is 2. The molecule has 3 aromatic rings. The van der Waals surface area contributed by atoms with Crippen LogP contribution in [-0.2, 0) is 4.79 Å². The SMILES string of the molecule is Cc1c(Cl)cccc1NC(=O)C(C)Sc1nc2ccccc2c(=O)[nH]1. The minimum Gasteiger partial charge on any atom is -0.325 e. The number of thioether (sulfide) groups is 1. The molecule has 1 unspecified atom stereocenters. The van der Waals surface area contributed by atoms with E-state index in [0.717, 1.165) is 5.56 Å². The van der Waals surface area contributed by atoms with Gasteiger partial charge in [0.15, 0.2) is 5.16 Å². The lowest BCUT2D eigenvalue weighted by atomic mass is 10.2. The molecule has 1 amide bonds. The number of hydrogen-bond donors (Lipinski definition) is 2. The number of halogens is 1. The quantitative estimate of drug-likeness (QED) is 0.535. The molecule has 5 nitrogen and oxygen atoms in total. The zero-order valence-electron chi connectivity index (χ0n) is 13.7. The van der Waals surface area contributed by atoms with E-state index >= 15 is 0 Å². The van der Waals surface area contributed by atoms with Crippen LogP contribution < -0.4 is 10.9 Å². The van der Waals surface area contributed by atoms with E-state index in [9.17, 15) is 9.59 Å². The monoisotopic (exact) mass is 373 g/mol. The smallest absolute Gasteiger partial charge is 0.259 e. The van der Waals surface area contributed by atoms with Gasteiger partial charge in [0.2, 0.25) is 5.91 Å². The van der Waals surface area contributed by atoms with Crippen molar-refractivity contribution in [2.75, 3.05) is 5.32 Å². The van der Waals surface area contributed by atoms with E-state index in [1.807, 2.05) is 13.0 Å². The highest BCUT2D eigenvalue weighted by atomic mass is 35.5. The number of amides is 1. The van der Waals surface area contributed by atoms with E-state index < -0.39 is 5.25 Å². The number of rotatable bonds is 4. The first-order chi connectivity index (χ1) is 12.0. The Balaban J connectivity index is 1.77. The number of H-pyrrole nitrogens is 1. The van der Waals surface area contributed by atoms with Gasteiger partial charge in [0.1, 0.15) is 0 Å². The lowest BCUT2D eigenvalue weighted by Gasteiger charge is -2.13. The molecule has 128 valence electrons. The molecule has 0 aliphatic carbocycles. The van der Waals surface area contributed by atoms with Gasteiger partial charge in [-0.05, 0) is 43.7 Å². The number of hydrogen-bond acceptors (Lipinski definition) is 4. The van der Waals surface area contributed by atoms with Crippen LogP contribution in [0.3, 0.4) is 0 Å². The summed E-state index contributed by atoms with van der Waals surface area (Å²) in [6.07, 6.45) is 0. The third-order valence-corrected chi connectivity index (χ3v) is 5.17. The number of para-hydroxylation sites is 1. The van der Waals surface area contributed by atoms with Crippen molar-refractivity contribution in [2.45, 2.75) is 24.3 Å². The predicted molar refractivity (Wildman–Crippen MR) is 103 cm³/mol. The second-order valence-electron chi connectivity index (χ2n) is 5.55. The summed E-state index contributed by atoms with van der Waals surface area (Å²) in [6, 6.07) is 12.4. The minimum absolute atomic E-state index is 0.189. The van der Waals surface area contributed by atoms with Crippen molar-refractivity contribution in [1.29, 1.82) is 0 Å². The molecule has 0 saturated heterocycles. The molecule has 25 heavy (non-hydrogen) atoms. The maximum absolute atomic E-state index is 12.4. The van der Waals surface area contributed by atoms with Crippen LogP contribution in [-0.4, -0.2) is 21.1 Å². The van der Waals surface area contributed by atoms with E-state index in [1.54, 1.807) is 43.3 Å². The van der Waals surface area contributed by atoms with E-state index in [2.05, 4.69) is 15.3 Å². The van der Waals surface area contributed by atoms with Crippen LogP contribution in [0.1, 0.15) is 12.5 Å². The Morgan fingerprint density at radius 3 is 2.80 bits per heavy atom. The summed E-state index contributed by atoms with van der Waals surface area (Å²) in [5, 5.41) is 3.95. The first-order valence-corrected chi connectivity index (χ1v) is 8.93. The lowest BCUT2D eigenvalue weighted by Crippen LogP contribution is -2.23. The Morgan fingerprint density at radius 1 is 1.24 bits per heavy atom. The second kappa shape index (κ2) is 7.29. The lowest BCUT2D eigenvalue weighted by molar-refractivity contribution is -0.115. The molecule has 1 aromatic heterocycles. The minimum atomic E-state index is -0.442. The zero-order chi connectivity index (χ0) is 18.0. The van der Waals surface area contributed by atoms with Crippen LogP contribution in [0.5, 0.6) is 0 Å². The molecule has 7 heteroatoms. The molecule has 0 aliphatic rings. The van der Waals surface area contributed by atoms with E-state index in [-0.39, 0.29) is 11.5 Å². The molecule has 1 heterocycles. The molecule has 0 spiro atoms. The van der Waals surface area contributed by atoms with Crippen LogP contribution in [0, 0.1) is 6.92 Å². The molecule has 3 rings (SSSR count). The molecule has 2 aromatic carbocycles.